The van der Waals surface area contributed by atoms with Gasteiger partial charge >= 0.3 is 0 Å². The highest BCUT2D eigenvalue weighted by Crippen LogP contribution is 2.18. The van der Waals surface area contributed by atoms with Gasteiger partial charge in [-0.25, -0.2) is 9.07 Å². The number of hydrogen-bond acceptors (Lipinski definition) is 2. The van der Waals surface area contributed by atoms with Crippen molar-refractivity contribution in [2.45, 2.75) is 6.92 Å². The molecule has 5 nitrogen and oxygen atoms in total. The van der Waals surface area contributed by atoms with Crippen molar-refractivity contribution in [3.05, 3.63) is 61.0 Å². The molecule has 0 saturated heterocycles. The Morgan fingerprint density at radius 3 is 2.70 bits per heavy atom. The lowest BCUT2D eigenvalue weighted by atomic mass is 10.2. The largest absolute Gasteiger partial charge is 0.326 e. The van der Waals surface area contributed by atoms with E-state index in [1.807, 2.05) is 0 Å². The minimum atomic E-state index is -0.544. The molecule has 0 aliphatic carbocycles. The van der Waals surface area contributed by atoms with Crippen LogP contribution in [-0.2, 0) is 0 Å². The third kappa shape index (κ3) is 1.90. The van der Waals surface area contributed by atoms with Crippen LogP contribution in [-0.4, -0.2) is 14.8 Å². The van der Waals surface area contributed by atoms with Crippen molar-refractivity contribution in [3.8, 4) is 5.69 Å². The summed E-state index contributed by atoms with van der Waals surface area (Å²) < 4.78 is 15.6. The number of aromatic nitrogens is 3. The quantitative estimate of drug-likeness (QED) is 0.714. The molecule has 2 heterocycles. The van der Waals surface area contributed by atoms with Crippen LogP contribution < -0.4 is 11.1 Å². The van der Waals surface area contributed by atoms with E-state index in [-0.39, 0.29) is 11.2 Å². The Hall–Kier alpha value is -2.15. The summed E-state index contributed by atoms with van der Waals surface area (Å²) in [6.07, 6.45) is 0. The zero-order valence-electron chi connectivity index (χ0n) is 10.3. The standard InChI is InChI=1S/C13H9BrFN3O2/c1-6-12-9(5-11(19)16-6)17-18(13(12)20)10-3-2-7(14)4-8(10)15/h2-5,17H,1H3,(H,16,19). The molecule has 0 radical (unpaired) electrons. The van der Waals surface area contributed by atoms with Gasteiger partial charge in [0.25, 0.3) is 5.56 Å². The Kier molecular flexibility index (Phi) is 2.86. The number of pyridine rings is 1. The van der Waals surface area contributed by atoms with E-state index in [1.165, 1.54) is 18.2 Å². The first-order chi connectivity index (χ1) is 9.47. The maximum absolute atomic E-state index is 13.9. The predicted molar refractivity (Wildman–Crippen MR) is 76.9 cm³/mol. The summed E-state index contributed by atoms with van der Waals surface area (Å²) in [6, 6.07) is 5.66. The fraction of sp³-hybridized carbons (Fsp3) is 0.0769. The molecule has 0 unspecified atom stereocenters. The Morgan fingerprint density at radius 1 is 1.25 bits per heavy atom. The molecule has 0 fully saturated rings. The molecule has 0 bridgehead atoms. The van der Waals surface area contributed by atoms with Gasteiger partial charge in [-0.15, -0.1) is 0 Å². The highest BCUT2D eigenvalue weighted by Gasteiger charge is 2.14. The average molecular weight is 338 g/mol. The fourth-order valence-corrected chi connectivity index (χ4v) is 2.50. The molecule has 3 rings (SSSR count). The van der Waals surface area contributed by atoms with Gasteiger partial charge in [0.05, 0.1) is 10.9 Å². The van der Waals surface area contributed by atoms with Crippen LogP contribution in [0, 0.1) is 12.7 Å². The molecule has 0 atom stereocenters. The molecule has 3 aromatic rings. The second-order valence-electron chi connectivity index (χ2n) is 4.40. The Balaban J connectivity index is 2.38. The monoisotopic (exact) mass is 337 g/mol. The molecule has 2 N–H and O–H groups in total. The highest BCUT2D eigenvalue weighted by atomic mass is 79.9. The van der Waals surface area contributed by atoms with Crippen LogP contribution in [0.4, 0.5) is 4.39 Å². The van der Waals surface area contributed by atoms with Crippen LogP contribution in [0.25, 0.3) is 16.6 Å². The maximum Gasteiger partial charge on any atom is 0.280 e. The second kappa shape index (κ2) is 4.45. The van der Waals surface area contributed by atoms with Gasteiger partial charge < -0.3 is 4.98 Å². The number of H-pyrrole nitrogens is 2. The van der Waals surface area contributed by atoms with Crippen molar-refractivity contribution in [1.82, 2.24) is 14.8 Å². The predicted octanol–water partition coefficient (Wildman–Crippen LogP) is 2.22. The minimum absolute atomic E-state index is 0.0984. The first-order valence-corrected chi connectivity index (χ1v) is 6.57. The smallest absolute Gasteiger partial charge is 0.280 e. The molecule has 0 aliphatic heterocycles. The molecule has 20 heavy (non-hydrogen) atoms. The lowest BCUT2D eigenvalue weighted by Crippen LogP contribution is -2.16. The molecule has 7 heteroatoms. The van der Waals surface area contributed by atoms with Crippen molar-refractivity contribution < 1.29 is 4.39 Å². The number of hydrogen-bond donors (Lipinski definition) is 2. The normalized spacial score (nSPS) is 11.2. The molecule has 0 saturated carbocycles. The Bertz CT molecular complexity index is 939. The zero-order chi connectivity index (χ0) is 14.4. The lowest BCUT2D eigenvalue weighted by Gasteiger charge is -2.03. The van der Waals surface area contributed by atoms with Crippen molar-refractivity contribution in [1.29, 1.82) is 0 Å². The summed E-state index contributed by atoms with van der Waals surface area (Å²) >= 11 is 3.16. The molecule has 102 valence electrons. The van der Waals surface area contributed by atoms with E-state index < -0.39 is 11.4 Å². The zero-order valence-corrected chi connectivity index (χ0v) is 11.9. The molecular formula is C13H9BrFN3O2. The van der Waals surface area contributed by atoms with Gasteiger partial charge in [-0.2, -0.15) is 0 Å². The topological polar surface area (TPSA) is 70.7 Å². The minimum Gasteiger partial charge on any atom is -0.326 e. The van der Waals surface area contributed by atoms with Crippen LogP contribution >= 0.6 is 15.9 Å². The van der Waals surface area contributed by atoms with Crippen LogP contribution in [0.15, 0.2) is 38.3 Å². The summed E-state index contributed by atoms with van der Waals surface area (Å²) in [5, 5.41) is 3.09. The number of fused-ring (bicyclic) bond motifs is 1. The van der Waals surface area contributed by atoms with E-state index in [2.05, 4.69) is 26.0 Å². The maximum atomic E-state index is 13.9. The molecule has 1 aromatic carbocycles. The molecule has 0 amide bonds. The number of aryl methyl sites for hydroxylation is 1. The van der Waals surface area contributed by atoms with Gasteiger partial charge in [0.15, 0.2) is 0 Å². The summed E-state index contributed by atoms with van der Waals surface area (Å²) in [7, 11) is 0. The summed E-state index contributed by atoms with van der Waals surface area (Å²) in [5.74, 6) is -0.544. The first-order valence-electron chi connectivity index (χ1n) is 5.77. The van der Waals surface area contributed by atoms with E-state index in [4.69, 9.17) is 0 Å². The highest BCUT2D eigenvalue weighted by molar-refractivity contribution is 9.10. The fourth-order valence-electron chi connectivity index (χ4n) is 2.17. The van der Waals surface area contributed by atoms with Gasteiger partial charge in [0.2, 0.25) is 5.56 Å². The molecular weight excluding hydrogens is 329 g/mol. The van der Waals surface area contributed by atoms with E-state index in [1.54, 1.807) is 13.0 Å². The number of halogens is 2. The van der Waals surface area contributed by atoms with Crippen molar-refractivity contribution >= 4 is 26.8 Å². The van der Waals surface area contributed by atoms with Crippen LogP contribution in [0.2, 0.25) is 0 Å². The summed E-state index contributed by atoms with van der Waals surface area (Å²) in [5.41, 5.74) is 0.194. The van der Waals surface area contributed by atoms with Crippen LogP contribution in [0.5, 0.6) is 0 Å². The van der Waals surface area contributed by atoms with E-state index in [0.717, 1.165) is 4.68 Å². The lowest BCUT2D eigenvalue weighted by molar-refractivity contribution is 0.608. The van der Waals surface area contributed by atoms with Gasteiger partial charge in [-0.3, -0.25) is 14.7 Å². The third-order valence-electron chi connectivity index (χ3n) is 3.03. The van der Waals surface area contributed by atoms with E-state index in [0.29, 0.717) is 21.1 Å². The van der Waals surface area contributed by atoms with E-state index in [9.17, 15) is 14.0 Å². The van der Waals surface area contributed by atoms with Gasteiger partial charge in [0.1, 0.15) is 11.5 Å². The second-order valence-corrected chi connectivity index (χ2v) is 5.31. The molecule has 0 aliphatic rings. The number of nitrogens with zero attached hydrogens (tertiary/aromatic N) is 1. The summed E-state index contributed by atoms with van der Waals surface area (Å²) in [4.78, 5) is 26.3. The van der Waals surface area contributed by atoms with Gasteiger partial charge in [-0.05, 0) is 25.1 Å². The number of rotatable bonds is 1. The SMILES string of the molecule is Cc1[nH]c(=O)cc2[nH]n(-c3ccc(Br)cc3F)c(=O)c12. The summed E-state index contributed by atoms with van der Waals surface area (Å²) in [6.45, 7) is 1.63. The number of nitrogens with one attached hydrogen (secondary N) is 2. The van der Waals surface area contributed by atoms with Crippen molar-refractivity contribution in [2.24, 2.45) is 0 Å². The van der Waals surface area contributed by atoms with Crippen molar-refractivity contribution in [2.75, 3.05) is 0 Å². The molecule has 0 spiro atoms. The first kappa shape index (κ1) is 12.9. The van der Waals surface area contributed by atoms with Crippen molar-refractivity contribution in [3.63, 3.8) is 0 Å². The third-order valence-corrected chi connectivity index (χ3v) is 3.52. The Labute approximate surface area is 120 Å². The van der Waals surface area contributed by atoms with Gasteiger partial charge in [0, 0.05) is 16.2 Å². The molecule has 2 aromatic heterocycles. The van der Waals surface area contributed by atoms with Crippen LogP contribution in [0.1, 0.15) is 5.69 Å². The Morgan fingerprint density at radius 2 is 2.00 bits per heavy atom. The number of benzene rings is 1. The van der Waals surface area contributed by atoms with E-state index >= 15 is 0 Å². The number of aromatic amines is 2. The van der Waals surface area contributed by atoms with Crippen LogP contribution in [0.3, 0.4) is 0 Å². The van der Waals surface area contributed by atoms with Gasteiger partial charge in [-0.1, -0.05) is 15.9 Å². The average Bonchev–Trinajstić information content (AvgIpc) is 2.66.